The molecule has 3 aromatic carbocycles. The van der Waals surface area contributed by atoms with Crippen molar-refractivity contribution in [3.05, 3.63) is 83.7 Å². The zero-order valence-corrected chi connectivity index (χ0v) is 17.6. The lowest BCUT2D eigenvalue weighted by Crippen LogP contribution is -2.51. The minimum Gasteiger partial charge on any atom is -0.497 e. The summed E-state index contributed by atoms with van der Waals surface area (Å²) in [4.78, 5) is 21.5. The lowest BCUT2D eigenvalue weighted by Gasteiger charge is -2.36. The Balaban J connectivity index is 1.43. The monoisotopic (exact) mass is 431 g/mol. The average molecular weight is 431 g/mol. The van der Waals surface area contributed by atoms with Crippen LogP contribution in [0.3, 0.4) is 0 Å². The number of benzene rings is 3. The van der Waals surface area contributed by atoms with Crippen LogP contribution < -0.4 is 9.47 Å². The predicted molar refractivity (Wildman–Crippen MR) is 120 cm³/mol. The van der Waals surface area contributed by atoms with Gasteiger partial charge in [0.25, 0.3) is 5.91 Å². The lowest BCUT2D eigenvalue weighted by atomic mass is 10.1. The van der Waals surface area contributed by atoms with Crippen molar-refractivity contribution in [1.29, 1.82) is 0 Å². The second-order valence-corrected chi connectivity index (χ2v) is 7.63. The molecule has 0 atom stereocenters. The summed E-state index contributed by atoms with van der Waals surface area (Å²) in [6.07, 6.45) is 0. The Morgan fingerprint density at radius 2 is 1.72 bits per heavy atom. The van der Waals surface area contributed by atoms with Gasteiger partial charge in [-0.2, -0.15) is 0 Å². The predicted octanol–water partition coefficient (Wildman–Crippen LogP) is 4.48. The Bertz CT molecular complexity index is 1200. The van der Waals surface area contributed by atoms with Crippen molar-refractivity contribution in [3.63, 3.8) is 0 Å². The summed E-state index contributed by atoms with van der Waals surface area (Å²) in [5.74, 6) is 2.03. The van der Waals surface area contributed by atoms with E-state index in [1.807, 2.05) is 42.5 Å². The van der Waals surface area contributed by atoms with Gasteiger partial charge in [-0.3, -0.25) is 4.79 Å². The number of carbonyl (C=O) groups excluding carboxylic acids is 1. The molecule has 0 radical (unpaired) electrons. The number of aliphatic imine (C=N–C) groups is 1. The molecule has 2 aliphatic heterocycles. The van der Waals surface area contributed by atoms with E-state index in [1.165, 1.54) is 12.1 Å². The smallest absolute Gasteiger partial charge is 0.256 e. The molecule has 6 nitrogen and oxygen atoms in total. The van der Waals surface area contributed by atoms with Gasteiger partial charge in [0.05, 0.1) is 18.2 Å². The minimum atomic E-state index is -0.496. The molecule has 0 bridgehead atoms. The Kier molecular flexibility index (Phi) is 5.23. The molecule has 0 unspecified atom stereocenters. The number of amidine groups is 1. The van der Waals surface area contributed by atoms with E-state index in [0.717, 1.165) is 17.1 Å². The first kappa shape index (κ1) is 20.1. The fraction of sp³-hybridized carbons (Fsp3) is 0.200. The van der Waals surface area contributed by atoms with Crippen LogP contribution in [0.25, 0.3) is 0 Å². The summed E-state index contributed by atoms with van der Waals surface area (Å²) >= 11 is 0. The van der Waals surface area contributed by atoms with Gasteiger partial charge in [-0.25, -0.2) is 9.38 Å². The van der Waals surface area contributed by atoms with Gasteiger partial charge in [-0.05, 0) is 36.4 Å². The van der Waals surface area contributed by atoms with Crippen LogP contribution in [0.4, 0.5) is 10.1 Å². The number of carbonyl (C=O) groups is 1. The van der Waals surface area contributed by atoms with Gasteiger partial charge < -0.3 is 19.3 Å². The number of hydrogen-bond acceptors (Lipinski definition) is 5. The number of methoxy groups -OCH3 is 1. The Morgan fingerprint density at radius 1 is 0.969 bits per heavy atom. The Morgan fingerprint density at radius 3 is 2.50 bits per heavy atom. The van der Waals surface area contributed by atoms with Crippen LogP contribution in [-0.2, 0) is 0 Å². The summed E-state index contributed by atoms with van der Waals surface area (Å²) in [5.41, 5.74) is 1.70. The van der Waals surface area contributed by atoms with Crippen molar-refractivity contribution in [2.45, 2.75) is 0 Å². The molecule has 2 heterocycles. The Labute approximate surface area is 185 Å². The molecule has 32 heavy (non-hydrogen) atoms. The summed E-state index contributed by atoms with van der Waals surface area (Å²) < 4.78 is 25.6. The second kappa shape index (κ2) is 8.34. The molecule has 1 amide bonds. The van der Waals surface area contributed by atoms with E-state index in [0.29, 0.717) is 43.4 Å². The molecule has 1 saturated heterocycles. The van der Waals surface area contributed by atoms with E-state index in [4.69, 9.17) is 14.5 Å². The molecule has 0 spiro atoms. The van der Waals surface area contributed by atoms with E-state index >= 15 is 0 Å². The normalized spacial score (nSPS) is 15.1. The van der Waals surface area contributed by atoms with Gasteiger partial charge >= 0.3 is 0 Å². The second-order valence-electron chi connectivity index (χ2n) is 7.63. The van der Waals surface area contributed by atoms with Crippen LogP contribution in [0.5, 0.6) is 17.2 Å². The first-order valence-electron chi connectivity index (χ1n) is 10.5. The number of rotatable bonds is 2. The van der Waals surface area contributed by atoms with E-state index in [-0.39, 0.29) is 11.5 Å². The van der Waals surface area contributed by atoms with Gasteiger partial charge in [0, 0.05) is 32.2 Å². The topological polar surface area (TPSA) is 54.4 Å². The molecule has 0 saturated carbocycles. The number of piperazine rings is 1. The van der Waals surface area contributed by atoms with Gasteiger partial charge in [0.1, 0.15) is 28.8 Å². The van der Waals surface area contributed by atoms with Crippen molar-refractivity contribution in [2.24, 2.45) is 4.99 Å². The Hall–Kier alpha value is -3.87. The number of amides is 1. The average Bonchev–Trinajstić information content (AvgIpc) is 3.00. The quantitative estimate of drug-likeness (QED) is 0.601. The third-order valence-corrected chi connectivity index (χ3v) is 5.71. The van der Waals surface area contributed by atoms with E-state index < -0.39 is 5.82 Å². The molecule has 0 N–H and O–H groups in total. The largest absolute Gasteiger partial charge is 0.497 e. The molecule has 3 aromatic rings. The van der Waals surface area contributed by atoms with Crippen molar-refractivity contribution in [3.8, 4) is 17.2 Å². The number of hydrogen-bond donors (Lipinski definition) is 0. The van der Waals surface area contributed by atoms with Gasteiger partial charge in [-0.15, -0.1) is 0 Å². The molecule has 7 heteroatoms. The van der Waals surface area contributed by atoms with Crippen molar-refractivity contribution < 1.29 is 18.7 Å². The molecule has 2 aliphatic rings. The fourth-order valence-electron chi connectivity index (χ4n) is 3.99. The van der Waals surface area contributed by atoms with Gasteiger partial charge in [0.2, 0.25) is 0 Å². The van der Waals surface area contributed by atoms with Crippen LogP contribution in [0.1, 0.15) is 15.9 Å². The van der Waals surface area contributed by atoms with Crippen LogP contribution in [0.2, 0.25) is 0 Å². The first-order chi connectivity index (χ1) is 15.6. The first-order valence-corrected chi connectivity index (χ1v) is 10.5. The maximum Gasteiger partial charge on any atom is 0.256 e. The standard InChI is InChI=1S/C25H22FN3O3/c1-31-17-10-11-19-23(16-17)32-22-9-5-4-8-21(22)27-24(19)28-12-14-29(15-13-28)25(30)18-6-2-3-7-20(18)26/h2-11,16H,12-15H2,1H3. The maximum absolute atomic E-state index is 14.1. The maximum atomic E-state index is 14.1. The van der Waals surface area contributed by atoms with Crippen molar-refractivity contribution >= 4 is 17.4 Å². The summed E-state index contributed by atoms with van der Waals surface area (Å²) in [5, 5.41) is 0. The number of para-hydroxylation sites is 2. The third-order valence-electron chi connectivity index (χ3n) is 5.71. The molecular weight excluding hydrogens is 409 g/mol. The molecular formula is C25H22FN3O3. The highest BCUT2D eigenvalue weighted by atomic mass is 19.1. The number of ether oxygens (including phenoxy) is 2. The summed E-state index contributed by atoms with van der Waals surface area (Å²) in [7, 11) is 1.62. The molecule has 0 aliphatic carbocycles. The van der Waals surface area contributed by atoms with E-state index in [1.54, 1.807) is 24.1 Å². The highest BCUT2D eigenvalue weighted by Crippen LogP contribution is 2.39. The lowest BCUT2D eigenvalue weighted by molar-refractivity contribution is 0.0687. The number of halogens is 1. The van der Waals surface area contributed by atoms with Gasteiger partial charge in [0.15, 0.2) is 5.75 Å². The number of fused-ring (bicyclic) bond motifs is 2. The van der Waals surface area contributed by atoms with E-state index in [2.05, 4.69) is 4.90 Å². The minimum absolute atomic E-state index is 0.104. The molecule has 162 valence electrons. The van der Waals surface area contributed by atoms with Crippen molar-refractivity contribution in [1.82, 2.24) is 9.80 Å². The molecule has 0 aromatic heterocycles. The van der Waals surface area contributed by atoms with E-state index in [9.17, 15) is 9.18 Å². The highest BCUT2D eigenvalue weighted by molar-refractivity contribution is 6.04. The summed E-state index contributed by atoms with van der Waals surface area (Å²) in [6.45, 7) is 2.10. The zero-order valence-electron chi connectivity index (χ0n) is 17.6. The highest BCUT2D eigenvalue weighted by Gasteiger charge is 2.28. The van der Waals surface area contributed by atoms with Crippen molar-refractivity contribution in [2.75, 3.05) is 33.3 Å². The third kappa shape index (κ3) is 3.66. The molecule has 5 rings (SSSR count). The fourth-order valence-corrected chi connectivity index (χ4v) is 3.99. The zero-order chi connectivity index (χ0) is 22.1. The van der Waals surface area contributed by atoms with Crippen LogP contribution >= 0.6 is 0 Å². The molecule has 1 fully saturated rings. The van der Waals surface area contributed by atoms with Gasteiger partial charge in [-0.1, -0.05) is 24.3 Å². The SMILES string of the molecule is COc1ccc2c(c1)Oc1ccccc1N=C2N1CCN(C(=O)c2ccccc2F)CC1. The summed E-state index contributed by atoms with van der Waals surface area (Å²) in [6, 6.07) is 19.4. The van der Waals surface area contributed by atoms with Crippen LogP contribution in [-0.4, -0.2) is 54.8 Å². The van der Waals surface area contributed by atoms with Crippen LogP contribution in [0, 0.1) is 5.82 Å². The van der Waals surface area contributed by atoms with Crippen LogP contribution in [0.15, 0.2) is 71.7 Å². The number of nitrogens with zero attached hydrogens (tertiary/aromatic N) is 3.